The molecule has 35 heavy (non-hydrogen) atoms. The van der Waals surface area contributed by atoms with E-state index in [2.05, 4.69) is 10.4 Å². The molecule has 0 aliphatic carbocycles. The maximum Gasteiger partial charge on any atom is 0.249 e. The molecule has 1 amide bonds. The lowest BCUT2D eigenvalue weighted by Gasteiger charge is -2.18. The second-order valence-corrected chi connectivity index (χ2v) is 9.59. The summed E-state index contributed by atoms with van der Waals surface area (Å²) in [6.45, 7) is 1.90. The van der Waals surface area contributed by atoms with Gasteiger partial charge in [-0.05, 0) is 55.0 Å². The van der Waals surface area contributed by atoms with Crippen LogP contribution in [0.1, 0.15) is 21.6 Å². The van der Waals surface area contributed by atoms with Crippen molar-refractivity contribution in [2.75, 3.05) is 5.32 Å². The summed E-state index contributed by atoms with van der Waals surface area (Å²) in [5.41, 5.74) is 4.64. The van der Waals surface area contributed by atoms with E-state index in [4.69, 9.17) is 11.6 Å². The third kappa shape index (κ3) is 4.34. The fraction of sp³-hybridized carbons (Fsp3) is 0.111. The van der Waals surface area contributed by atoms with Crippen LogP contribution in [-0.4, -0.2) is 21.5 Å². The first-order valence-electron chi connectivity index (χ1n) is 10.9. The van der Waals surface area contributed by atoms with Gasteiger partial charge < -0.3 is 5.32 Å². The summed E-state index contributed by atoms with van der Waals surface area (Å²) < 4.78 is 1.70. The molecule has 1 aliphatic rings. The number of rotatable bonds is 5. The minimum absolute atomic E-state index is 0.118. The Balaban J connectivity index is 1.59. The van der Waals surface area contributed by atoms with E-state index in [0.29, 0.717) is 22.0 Å². The molecule has 3 aromatic carbocycles. The predicted molar refractivity (Wildman–Crippen MR) is 137 cm³/mol. The standard InChI is InChI=1S/C27H19ClN4O2S/c1-16-6-5-7-18(12-16)30-27(34)21(14-29)26(33)24-22-15-35-23-11-10-17(28)13-20(23)25(22)32(31-24)19-8-3-2-4-9-19/h2-13,21H,15H2,1H3,(H,30,34). The molecule has 1 aliphatic heterocycles. The highest BCUT2D eigenvalue weighted by Gasteiger charge is 2.35. The fourth-order valence-electron chi connectivity index (χ4n) is 4.09. The van der Waals surface area contributed by atoms with Crippen LogP contribution in [0.3, 0.4) is 0 Å². The average Bonchev–Trinajstić information content (AvgIpc) is 3.25. The number of aryl methyl sites for hydroxylation is 1. The van der Waals surface area contributed by atoms with E-state index in [1.807, 2.05) is 67.6 Å². The van der Waals surface area contributed by atoms with Crippen LogP contribution in [0.25, 0.3) is 16.9 Å². The molecular weight excluding hydrogens is 480 g/mol. The molecule has 0 bridgehead atoms. The molecule has 6 nitrogen and oxygen atoms in total. The third-order valence-electron chi connectivity index (χ3n) is 5.73. The van der Waals surface area contributed by atoms with Crippen molar-refractivity contribution < 1.29 is 9.59 Å². The lowest BCUT2D eigenvalue weighted by Crippen LogP contribution is -2.29. The van der Waals surface area contributed by atoms with Gasteiger partial charge >= 0.3 is 0 Å². The van der Waals surface area contributed by atoms with E-state index in [9.17, 15) is 14.9 Å². The van der Waals surface area contributed by atoms with Gasteiger partial charge in [0.05, 0.1) is 17.5 Å². The van der Waals surface area contributed by atoms with Crippen molar-refractivity contribution >= 4 is 40.7 Å². The van der Waals surface area contributed by atoms with E-state index < -0.39 is 17.6 Å². The molecule has 0 spiro atoms. The normalized spacial score (nSPS) is 12.7. The number of anilines is 1. The van der Waals surface area contributed by atoms with Crippen molar-refractivity contribution in [2.45, 2.75) is 17.6 Å². The Morgan fingerprint density at radius 1 is 1.11 bits per heavy atom. The highest BCUT2D eigenvalue weighted by Crippen LogP contribution is 2.45. The van der Waals surface area contributed by atoms with Crippen molar-refractivity contribution in [1.29, 1.82) is 5.26 Å². The number of carbonyl (C=O) groups is 2. The van der Waals surface area contributed by atoms with Crippen molar-refractivity contribution in [3.05, 3.63) is 94.6 Å². The lowest BCUT2D eigenvalue weighted by atomic mass is 9.97. The molecule has 1 unspecified atom stereocenters. The number of ketones is 1. The molecule has 172 valence electrons. The van der Waals surface area contributed by atoms with Crippen LogP contribution in [0.2, 0.25) is 5.02 Å². The Bertz CT molecular complexity index is 1510. The molecular formula is C27H19ClN4O2S. The van der Waals surface area contributed by atoms with Crippen LogP contribution in [0.4, 0.5) is 5.69 Å². The van der Waals surface area contributed by atoms with Gasteiger partial charge in [0.25, 0.3) is 0 Å². The number of fused-ring (bicyclic) bond motifs is 3. The van der Waals surface area contributed by atoms with E-state index in [0.717, 1.165) is 27.4 Å². The molecule has 1 atom stereocenters. The van der Waals surface area contributed by atoms with Gasteiger partial charge in [0.2, 0.25) is 11.7 Å². The van der Waals surface area contributed by atoms with Crippen LogP contribution in [0.5, 0.6) is 0 Å². The average molecular weight is 499 g/mol. The molecule has 0 radical (unpaired) electrons. The molecule has 0 saturated carbocycles. The summed E-state index contributed by atoms with van der Waals surface area (Å²) in [5.74, 6) is -2.37. The van der Waals surface area contributed by atoms with Crippen LogP contribution in [0, 0.1) is 24.2 Å². The van der Waals surface area contributed by atoms with E-state index >= 15 is 0 Å². The first-order chi connectivity index (χ1) is 17.0. The number of nitriles is 1. The van der Waals surface area contributed by atoms with Gasteiger partial charge in [-0.1, -0.05) is 41.9 Å². The number of aromatic nitrogens is 2. The maximum atomic E-state index is 13.6. The number of hydrogen-bond donors (Lipinski definition) is 1. The zero-order chi connectivity index (χ0) is 24.5. The minimum Gasteiger partial charge on any atom is -0.325 e. The minimum atomic E-state index is -1.54. The number of thioether (sulfide) groups is 1. The second-order valence-electron chi connectivity index (χ2n) is 8.14. The van der Waals surface area contributed by atoms with Gasteiger partial charge in [-0.15, -0.1) is 11.8 Å². The van der Waals surface area contributed by atoms with Crippen molar-refractivity contribution in [2.24, 2.45) is 5.92 Å². The maximum absolute atomic E-state index is 13.6. The Kier molecular flexibility index (Phi) is 6.16. The third-order valence-corrected chi connectivity index (χ3v) is 7.06. The summed E-state index contributed by atoms with van der Waals surface area (Å²) >= 11 is 7.88. The van der Waals surface area contributed by atoms with Gasteiger partial charge in [0.15, 0.2) is 5.92 Å². The second kappa shape index (κ2) is 9.41. The number of amides is 1. The number of nitrogens with one attached hydrogen (secondary N) is 1. The highest BCUT2D eigenvalue weighted by atomic mass is 35.5. The molecule has 0 saturated heterocycles. The monoisotopic (exact) mass is 498 g/mol. The molecule has 8 heteroatoms. The number of Topliss-reactive ketones (excluding diaryl/α,β-unsaturated/α-hetero) is 1. The van der Waals surface area contributed by atoms with E-state index in [-0.39, 0.29) is 5.69 Å². The smallest absolute Gasteiger partial charge is 0.249 e. The molecule has 0 fully saturated rings. The van der Waals surface area contributed by atoms with Crippen molar-refractivity contribution in [3.8, 4) is 23.0 Å². The van der Waals surface area contributed by atoms with Crippen molar-refractivity contribution in [3.63, 3.8) is 0 Å². The van der Waals surface area contributed by atoms with Gasteiger partial charge in [-0.25, -0.2) is 4.68 Å². The van der Waals surface area contributed by atoms with Crippen molar-refractivity contribution in [1.82, 2.24) is 9.78 Å². The summed E-state index contributed by atoms with van der Waals surface area (Å²) in [4.78, 5) is 27.5. The summed E-state index contributed by atoms with van der Waals surface area (Å²) in [5, 5.41) is 17.7. The quantitative estimate of drug-likeness (QED) is 0.266. The predicted octanol–water partition coefficient (Wildman–Crippen LogP) is 6.07. The van der Waals surface area contributed by atoms with Gasteiger partial charge in [0.1, 0.15) is 5.69 Å². The Labute approximate surface area is 211 Å². The van der Waals surface area contributed by atoms with Gasteiger partial charge in [0, 0.05) is 32.5 Å². The van der Waals surface area contributed by atoms with Gasteiger partial charge in [-0.3, -0.25) is 9.59 Å². The number of nitrogens with zero attached hydrogens (tertiary/aromatic N) is 3. The van der Waals surface area contributed by atoms with E-state index in [1.54, 1.807) is 34.6 Å². The van der Waals surface area contributed by atoms with E-state index in [1.165, 1.54) is 0 Å². The van der Waals surface area contributed by atoms with Crippen LogP contribution >= 0.6 is 23.4 Å². The molecule has 1 aromatic heterocycles. The molecule has 4 aromatic rings. The van der Waals surface area contributed by atoms with Crippen LogP contribution in [0.15, 0.2) is 77.7 Å². The Morgan fingerprint density at radius 3 is 2.66 bits per heavy atom. The number of hydrogen-bond acceptors (Lipinski definition) is 5. The summed E-state index contributed by atoms with van der Waals surface area (Å²) in [6.07, 6.45) is 0. The zero-order valence-electron chi connectivity index (χ0n) is 18.7. The zero-order valence-corrected chi connectivity index (χ0v) is 20.2. The Morgan fingerprint density at radius 2 is 1.91 bits per heavy atom. The first kappa shape index (κ1) is 22.9. The number of para-hydroxylation sites is 1. The number of halogens is 1. The van der Waals surface area contributed by atoms with Crippen LogP contribution < -0.4 is 5.32 Å². The number of carbonyl (C=O) groups excluding carboxylic acids is 2. The fourth-order valence-corrected chi connectivity index (χ4v) is 5.31. The number of benzene rings is 3. The topological polar surface area (TPSA) is 87.8 Å². The van der Waals surface area contributed by atoms with Gasteiger partial charge in [-0.2, -0.15) is 10.4 Å². The SMILES string of the molecule is Cc1cccc(NC(=O)C(C#N)C(=O)c2nn(-c3ccccc3)c3c2CSc2ccc(Cl)cc2-3)c1. The molecule has 5 rings (SSSR count). The summed E-state index contributed by atoms with van der Waals surface area (Å²) in [6, 6.07) is 24.1. The summed E-state index contributed by atoms with van der Waals surface area (Å²) in [7, 11) is 0. The molecule has 1 N–H and O–H groups in total. The Hall–Kier alpha value is -3.86. The molecule has 2 heterocycles. The first-order valence-corrected chi connectivity index (χ1v) is 12.2. The van der Waals surface area contributed by atoms with Crippen LogP contribution in [-0.2, 0) is 10.5 Å². The highest BCUT2D eigenvalue weighted by molar-refractivity contribution is 7.98. The largest absolute Gasteiger partial charge is 0.325 e. The lowest BCUT2D eigenvalue weighted by molar-refractivity contribution is -0.117.